The predicted molar refractivity (Wildman–Crippen MR) is 74.6 cm³/mol. The van der Waals surface area contributed by atoms with Gasteiger partial charge in [-0.2, -0.15) is 5.26 Å². The van der Waals surface area contributed by atoms with Gasteiger partial charge in [-0.25, -0.2) is 4.98 Å². The smallest absolute Gasteiger partial charge is 0.150 e. The highest BCUT2D eigenvalue weighted by Crippen LogP contribution is 2.25. The molecule has 0 fully saturated rings. The average molecular weight is 266 g/mol. The first-order chi connectivity index (χ1) is 9.65. The molecule has 0 bridgehead atoms. The van der Waals surface area contributed by atoms with Crippen LogP contribution in [0.15, 0.2) is 30.5 Å². The van der Waals surface area contributed by atoms with E-state index in [1.807, 2.05) is 26.0 Å². The Labute approximate surface area is 117 Å². The van der Waals surface area contributed by atoms with Crippen molar-refractivity contribution >= 4 is 6.29 Å². The van der Waals surface area contributed by atoms with Gasteiger partial charge in [0.15, 0.2) is 0 Å². The van der Waals surface area contributed by atoms with Crippen molar-refractivity contribution in [3.05, 3.63) is 58.4 Å². The van der Waals surface area contributed by atoms with Crippen LogP contribution in [0.2, 0.25) is 0 Å². The first-order valence-electron chi connectivity index (χ1n) is 6.19. The third-order valence-electron chi connectivity index (χ3n) is 2.99. The molecule has 0 aliphatic carbocycles. The summed E-state index contributed by atoms with van der Waals surface area (Å²) in [5.41, 5.74) is 3.54. The molecule has 1 heterocycles. The zero-order chi connectivity index (χ0) is 14.5. The summed E-state index contributed by atoms with van der Waals surface area (Å²) in [5.74, 6) is 0.739. The Bertz CT molecular complexity index is 664. The van der Waals surface area contributed by atoms with Crippen molar-refractivity contribution < 1.29 is 9.53 Å². The molecule has 1 aromatic heterocycles. The zero-order valence-corrected chi connectivity index (χ0v) is 11.4. The van der Waals surface area contributed by atoms with Crippen molar-refractivity contribution in [3.63, 3.8) is 0 Å². The van der Waals surface area contributed by atoms with E-state index in [0.717, 1.165) is 28.7 Å². The van der Waals surface area contributed by atoms with Crippen LogP contribution >= 0.6 is 0 Å². The number of hydrogen-bond acceptors (Lipinski definition) is 4. The number of aromatic nitrogens is 1. The van der Waals surface area contributed by atoms with Crippen molar-refractivity contribution in [2.24, 2.45) is 0 Å². The van der Waals surface area contributed by atoms with Gasteiger partial charge < -0.3 is 4.74 Å². The highest BCUT2D eigenvalue weighted by atomic mass is 16.5. The topological polar surface area (TPSA) is 63.0 Å². The average Bonchev–Trinajstić information content (AvgIpc) is 2.46. The second kappa shape index (κ2) is 5.98. The van der Waals surface area contributed by atoms with Gasteiger partial charge in [-0.1, -0.05) is 6.07 Å². The number of hydrogen-bond donors (Lipinski definition) is 0. The van der Waals surface area contributed by atoms with Crippen molar-refractivity contribution in [2.75, 3.05) is 0 Å². The number of aryl methyl sites for hydroxylation is 2. The van der Waals surface area contributed by atoms with Crippen LogP contribution in [0.4, 0.5) is 0 Å². The standard InChI is InChI=1S/C16H14N2O2/c1-11-6-13(9-19)7-12(2)16(11)20-10-14-4-3-5-18-15(14)8-17/h3-7,9H,10H2,1-2H3. The minimum atomic E-state index is 0.277. The van der Waals surface area contributed by atoms with Crippen molar-refractivity contribution in [2.45, 2.75) is 20.5 Å². The van der Waals surface area contributed by atoms with E-state index in [-0.39, 0.29) is 6.61 Å². The first kappa shape index (κ1) is 13.8. The Morgan fingerprint density at radius 2 is 2.05 bits per heavy atom. The summed E-state index contributed by atoms with van der Waals surface area (Å²) in [5, 5.41) is 8.99. The SMILES string of the molecule is Cc1cc(C=O)cc(C)c1OCc1cccnc1C#N. The van der Waals surface area contributed by atoms with Crippen molar-refractivity contribution in [1.29, 1.82) is 5.26 Å². The third-order valence-corrected chi connectivity index (χ3v) is 2.99. The van der Waals surface area contributed by atoms with Crippen LogP contribution in [0.25, 0.3) is 0 Å². The summed E-state index contributed by atoms with van der Waals surface area (Å²) in [6, 6.07) is 9.19. The molecule has 0 aliphatic heterocycles. The molecule has 0 spiro atoms. The number of nitrogens with zero attached hydrogens (tertiary/aromatic N) is 2. The molecule has 0 saturated heterocycles. The molecule has 0 atom stereocenters. The highest BCUT2D eigenvalue weighted by Gasteiger charge is 2.08. The lowest BCUT2D eigenvalue weighted by Crippen LogP contribution is -2.02. The molecule has 4 heteroatoms. The van der Waals surface area contributed by atoms with Gasteiger partial charge in [-0.05, 0) is 43.2 Å². The van der Waals surface area contributed by atoms with Crippen molar-refractivity contribution in [1.82, 2.24) is 4.98 Å². The normalized spacial score (nSPS) is 9.85. The Hall–Kier alpha value is -2.67. The lowest BCUT2D eigenvalue weighted by molar-refractivity contribution is 0.112. The van der Waals surface area contributed by atoms with E-state index in [0.29, 0.717) is 11.3 Å². The molecule has 0 radical (unpaired) electrons. The van der Waals surface area contributed by atoms with Crippen LogP contribution < -0.4 is 4.74 Å². The van der Waals surface area contributed by atoms with Gasteiger partial charge in [0.25, 0.3) is 0 Å². The minimum absolute atomic E-state index is 0.277. The van der Waals surface area contributed by atoms with Crippen LogP contribution in [0.3, 0.4) is 0 Å². The number of carbonyl (C=O) groups is 1. The predicted octanol–water partition coefficient (Wildman–Crippen LogP) is 2.96. The van der Waals surface area contributed by atoms with Gasteiger partial charge in [-0.3, -0.25) is 4.79 Å². The molecule has 1 aromatic carbocycles. The Kier molecular flexibility index (Phi) is 4.11. The van der Waals surface area contributed by atoms with E-state index >= 15 is 0 Å². The third kappa shape index (κ3) is 2.83. The first-order valence-corrected chi connectivity index (χ1v) is 6.19. The summed E-state index contributed by atoms with van der Waals surface area (Å²) >= 11 is 0. The maximum atomic E-state index is 10.8. The fourth-order valence-electron chi connectivity index (χ4n) is 2.09. The van der Waals surface area contributed by atoms with E-state index in [2.05, 4.69) is 4.98 Å². The van der Waals surface area contributed by atoms with Crippen LogP contribution in [-0.4, -0.2) is 11.3 Å². The molecule has 0 unspecified atom stereocenters. The molecule has 2 aromatic rings. The van der Waals surface area contributed by atoms with Gasteiger partial charge in [0.1, 0.15) is 30.4 Å². The molecule has 2 rings (SSSR count). The number of ether oxygens (including phenoxy) is 1. The minimum Gasteiger partial charge on any atom is -0.488 e. The summed E-state index contributed by atoms with van der Waals surface area (Å²) in [6.45, 7) is 4.06. The number of rotatable bonds is 4. The lowest BCUT2D eigenvalue weighted by atomic mass is 10.1. The van der Waals surface area contributed by atoms with Crippen LogP contribution in [0.1, 0.15) is 32.7 Å². The van der Waals surface area contributed by atoms with Gasteiger partial charge in [0.05, 0.1) is 0 Å². The van der Waals surface area contributed by atoms with Crippen LogP contribution in [0, 0.1) is 25.2 Å². The molecule has 0 amide bonds. The van der Waals surface area contributed by atoms with E-state index < -0.39 is 0 Å². The van der Waals surface area contributed by atoms with Gasteiger partial charge in [-0.15, -0.1) is 0 Å². The Balaban J connectivity index is 2.24. The Morgan fingerprint density at radius 1 is 1.35 bits per heavy atom. The fraction of sp³-hybridized carbons (Fsp3) is 0.188. The number of benzene rings is 1. The second-order valence-corrected chi connectivity index (χ2v) is 4.51. The second-order valence-electron chi connectivity index (χ2n) is 4.51. The van der Waals surface area contributed by atoms with Crippen LogP contribution in [0.5, 0.6) is 5.75 Å². The summed E-state index contributed by atoms with van der Waals surface area (Å²) in [7, 11) is 0. The van der Waals surface area contributed by atoms with E-state index in [1.165, 1.54) is 0 Å². The lowest BCUT2D eigenvalue weighted by Gasteiger charge is -2.13. The number of nitriles is 1. The molecule has 0 saturated carbocycles. The molecule has 100 valence electrons. The van der Waals surface area contributed by atoms with Crippen molar-refractivity contribution in [3.8, 4) is 11.8 Å². The highest BCUT2D eigenvalue weighted by molar-refractivity contribution is 5.76. The monoisotopic (exact) mass is 266 g/mol. The van der Waals surface area contributed by atoms with E-state index in [4.69, 9.17) is 10.00 Å². The Morgan fingerprint density at radius 3 is 2.65 bits per heavy atom. The maximum Gasteiger partial charge on any atom is 0.150 e. The quantitative estimate of drug-likeness (QED) is 0.798. The van der Waals surface area contributed by atoms with Gasteiger partial charge >= 0.3 is 0 Å². The fourth-order valence-corrected chi connectivity index (χ4v) is 2.09. The summed E-state index contributed by atoms with van der Waals surface area (Å²) in [6.07, 6.45) is 2.40. The number of aldehydes is 1. The molecular formula is C16H14N2O2. The largest absolute Gasteiger partial charge is 0.488 e. The van der Waals surface area contributed by atoms with E-state index in [9.17, 15) is 4.79 Å². The van der Waals surface area contributed by atoms with E-state index in [1.54, 1.807) is 24.4 Å². The molecule has 0 N–H and O–H groups in total. The molecular weight excluding hydrogens is 252 g/mol. The molecule has 0 aliphatic rings. The van der Waals surface area contributed by atoms with Crippen LogP contribution in [-0.2, 0) is 6.61 Å². The summed E-state index contributed by atoms with van der Waals surface area (Å²) < 4.78 is 5.79. The number of carbonyl (C=O) groups excluding carboxylic acids is 1. The van der Waals surface area contributed by atoms with Gasteiger partial charge in [0.2, 0.25) is 0 Å². The van der Waals surface area contributed by atoms with Gasteiger partial charge in [0, 0.05) is 17.3 Å². The summed E-state index contributed by atoms with van der Waals surface area (Å²) in [4.78, 5) is 14.8. The zero-order valence-electron chi connectivity index (χ0n) is 11.4. The molecule has 20 heavy (non-hydrogen) atoms. The number of pyridine rings is 1. The molecule has 4 nitrogen and oxygen atoms in total. The maximum absolute atomic E-state index is 10.8.